The predicted octanol–water partition coefficient (Wildman–Crippen LogP) is 13.8. The van der Waals surface area contributed by atoms with E-state index in [1.165, 1.54) is 49.2 Å². The van der Waals surface area contributed by atoms with Gasteiger partial charge in [-0.2, -0.15) is 0 Å². The van der Waals surface area contributed by atoms with Crippen LogP contribution in [0.2, 0.25) is 0 Å². The van der Waals surface area contributed by atoms with Crippen molar-refractivity contribution in [3.8, 4) is 22.3 Å². The quantitative estimate of drug-likeness (QED) is 0.175. The molecular weight excluding hydrogens is 607 g/mol. The van der Waals surface area contributed by atoms with Crippen molar-refractivity contribution in [1.29, 1.82) is 0 Å². The van der Waals surface area contributed by atoms with Crippen molar-refractivity contribution in [2.45, 2.75) is 0 Å². The van der Waals surface area contributed by atoms with E-state index in [-0.39, 0.29) is 0 Å². The van der Waals surface area contributed by atoms with Gasteiger partial charge in [0.15, 0.2) is 0 Å². The van der Waals surface area contributed by atoms with E-state index in [9.17, 15) is 0 Å². The van der Waals surface area contributed by atoms with Crippen molar-refractivity contribution in [3.05, 3.63) is 188 Å². The van der Waals surface area contributed by atoms with Crippen LogP contribution < -0.4 is 4.90 Å². The topological polar surface area (TPSA) is 16.4 Å². The van der Waals surface area contributed by atoms with E-state index in [0.717, 1.165) is 44.4 Å². The average molecular weight is 638 g/mol. The monoisotopic (exact) mass is 637 g/mol. The van der Waals surface area contributed by atoms with Crippen LogP contribution in [0.1, 0.15) is 0 Å². The fourth-order valence-corrected chi connectivity index (χ4v) is 7.59. The van der Waals surface area contributed by atoms with E-state index in [0.29, 0.717) is 0 Å². The molecule has 9 aromatic carbocycles. The smallest absolute Gasteiger partial charge is 0.136 e. The molecule has 0 saturated carbocycles. The Hall–Kier alpha value is -6.64. The lowest BCUT2D eigenvalue weighted by Crippen LogP contribution is -2.10. The van der Waals surface area contributed by atoms with Gasteiger partial charge in [0.1, 0.15) is 11.2 Å². The minimum absolute atomic E-state index is 0.915. The number of nitrogens with zero attached hydrogens (tertiary/aromatic N) is 1. The summed E-state index contributed by atoms with van der Waals surface area (Å²) in [4.78, 5) is 2.39. The highest BCUT2D eigenvalue weighted by atomic mass is 16.3. The lowest BCUT2D eigenvalue weighted by molar-refractivity contribution is 0.669. The lowest BCUT2D eigenvalue weighted by Gasteiger charge is -2.27. The molecule has 1 heterocycles. The average Bonchev–Trinajstić information content (AvgIpc) is 3.55. The first kappa shape index (κ1) is 28.4. The second kappa shape index (κ2) is 11.5. The van der Waals surface area contributed by atoms with E-state index in [4.69, 9.17) is 4.42 Å². The molecule has 0 radical (unpaired) electrons. The minimum atomic E-state index is 0.915. The number of benzene rings is 9. The van der Waals surface area contributed by atoms with E-state index in [1.54, 1.807) is 0 Å². The number of para-hydroxylation sites is 2. The first-order valence-corrected chi connectivity index (χ1v) is 17.1. The number of rotatable bonds is 5. The van der Waals surface area contributed by atoms with E-state index in [1.807, 2.05) is 12.1 Å². The molecule has 0 N–H and O–H groups in total. The van der Waals surface area contributed by atoms with Gasteiger partial charge in [-0.05, 0) is 115 Å². The molecule has 10 rings (SSSR count). The van der Waals surface area contributed by atoms with Crippen molar-refractivity contribution in [2.24, 2.45) is 0 Å². The Balaban J connectivity index is 1.23. The summed E-state index contributed by atoms with van der Waals surface area (Å²) in [7, 11) is 0. The summed E-state index contributed by atoms with van der Waals surface area (Å²) in [5.74, 6) is 0. The molecular formula is C48H31NO. The molecule has 0 unspecified atom stereocenters. The van der Waals surface area contributed by atoms with Crippen molar-refractivity contribution in [3.63, 3.8) is 0 Å². The summed E-state index contributed by atoms with van der Waals surface area (Å²) in [6.07, 6.45) is 0. The van der Waals surface area contributed by atoms with Crippen molar-refractivity contribution >= 4 is 71.3 Å². The van der Waals surface area contributed by atoms with Crippen LogP contribution in [0.3, 0.4) is 0 Å². The Kier molecular flexibility index (Phi) is 6.53. The third kappa shape index (κ3) is 4.73. The number of hydrogen-bond donors (Lipinski definition) is 0. The highest BCUT2D eigenvalue weighted by Gasteiger charge is 2.18. The third-order valence-corrected chi connectivity index (χ3v) is 9.97. The lowest BCUT2D eigenvalue weighted by atomic mass is 9.94. The maximum Gasteiger partial charge on any atom is 0.136 e. The Morgan fingerprint density at radius 3 is 1.84 bits per heavy atom. The normalized spacial score (nSPS) is 11.6. The van der Waals surface area contributed by atoms with Crippen molar-refractivity contribution in [1.82, 2.24) is 0 Å². The van der Waals surface area contributed by atoms with E-state index < -0.39 is 0 Å². The molecule has 10 aromatic rings. The van der Waals surface area contributed by atoms with Crippen LogP contribution in [-0.4, -0.2) is 0 Å². The van der Waals surface area contributed by atoms with Crippen LogP contribution in [0.4, 0.5) is 17.1 Å². The van der Waals surface area contributed by atoms with E-state index >= 15 is 0 Å². The Bertz CT molecular complexity index is 2860. The van der Waals surface area contributed by atoms with Gasteiger partial charge in [0.2, 0.25) is 0 Å². The Morgan fingerprint density at radius 1 is 0.300 bits per heavy atom. The van der Waals surface area contributed by atoms with Crippen LogP contribution in [0, 0.1) is 0 Å². The summed E-state index contributed by atoms with van der Waals surface area (Å²) in [6, 6.07) is 67.7. The molecule has 0 aliphatic heterocycles. The summed E-state index contributed by atoms with van der Waals surface area (Å²) >= 11 is 0. The van der Waals surface area contributed by atoms with Crippen LogP contribution >= 0.6 is 0 Å². The van der Waals surface area contributed by atoms with Crippen molar-refractivity contribution in [2.75, 3.05) is 4.90 Å². The molecule has 0 aliphatic rings. The SMILES string of the molecule is c1ccc(-c2cc(-c3cccc4ccccc34)cc(N(c3ccccc3)c3ccc4ccc5cc6oc7ccccc7c6cc5c4c3)c2)cc1. The summed E-state index contributed by atoms with van der Waals surface area (Å²) in [5, 5.41) is 9.55. The maximum atomic E-state index is 6.26. The molecule has 0 amide bonds. The molecule has 0 aliphatic carbocycles. The van der Waals surface area contributed by atoms with Crippen LogP contribution in [-0.2, 0) is 0 Å². The van der Waals surface area contributed by atoms with Gasteiger partial charge < -0.3 is 9.32 Å². The van der Waals surface area contributed by atoms with Crippen LogP contribution in [0.5, 0.6) is 0 Å². The Morgan fingerprint density at radius 2 is 0.960 bits per heavy atom. The first-order chi connectivity index (χ1) is 24.8. The third-order valence-electron chi connectivity index (χ3n) is 9.97. The van der Waals surface area contributed by atoms with Crippen LogP contribution in [0.15, 0.2) is 192 Å². The second-order valence-corrected chi connectivity index (χ2v) is 13.0. The standard InChI is InChI=1S/C48H31NO/c1-3-12-32(13-4-1)36-26-37(42-20-11-15-33-14-7-8-18-41(33)42)28-40(27-36)49(38-16-5-2-6-17-38)39-25-24-34-22-23-35-29-48-46(31-45(35)44(34)30-39)43-19-9-10-21-47(43)50-48/h1-31H. The molecule has 0 bridgehead atoms. The van der Waals surface area contributed by atoms with Gasteiger partial charge in [0, 0.05) is 27.8 Å². The van der Waals surface area contributed by atoms with Gasteiger partial charge in [0.25, 0.3) is 0 Å². The number of anilines is 3. The maximum absolute atomic E-state index is 6.26. The zero-order chi connectivity index (χ0) is 33.0. The second-order valence-electron chi connectivity index (χ2n) is 13.0. The van der Waals surface area contributed by atoms with Gasteiger partial charge >= 0.3 is 0 Å². The molecule has 2 nitrogen and oxygen atoms in total. The summed E-state index contributed by atoms with van der Waals surface area (Å²) < 4.78 is 6.26. The molecule has 50 heavy (non-hydrogen) atoms. The fourth-order valence-electron chi connectivity index (χ4n) is 7.59. The summed E-state index contributed by atoms with van der Waals surface area (Å²) in [6.45, 7) is 0. The number of fused-ring (bicyclic) bond motifs is 7. The Labute approximate surface area is 290 Å². The van der Waals surface area contributed by atoms with Crippen LogP contribution in [0.25, 0.3) is 76.5 Å². The molecule has 234 valence electrons. The van der Waals surface area contributed by atoms with Gasteiger partial charge in [-0.1, -0.05) is 127 Å². The highest BCUT2D eigenvalue weighted by Crippen LogP contribution is 2.43. The summed E-state index contributed by atoms with van der Waals surface area (Å²) in [5.41, 5.74) is 9.89. The molecule has 0 fully saturated rings. The van der Waals surface area contributed by atoms with Gasteiger partial charge in [-0.3, -0.25) is 0 Å². The van der Waals surface area contributed by atoms with Gasteiger partial charge in [0.05, 0.1) is 0 Å². The fraction of sp³-hybridized carbons (Fsp3) is 0. The number of hydrogen-bond acceptors (Lipinski definition) is 2. The minimum Gasteiger partial charge on any atom is -0.456 e. The molecule has 2 heteroatoms. The highest BCUT2D eigenvalue weighted by molar-refractivity contribution is 6.17. The zero-order valence-electron chi connectivity index (χ0n) is 27.3. The zero-order valence-corrected chi connectivity index (χ0v) is 27.3. The molecule has 0 saturated heterocycles. The molecule has 1 aromatic heterocycles. The van der Waals surface area contributed by atoms with E-state index in [2.05, 4.69) is 181 Å². The molecule has 0 atom stereocenters. The molecule has 0 spiro atoms. The van der Waals surface area contributed by atoms with Gasteiger partial charge in [-0.25, -0.2) is 0 Å². The van der Waals surface area contributed by atoms with Crippen molar-refractivity contribution < 1.29 is 4.42 Å². The first-order valence-electron chi connectivity index (χ1n) is 17.1. The largest absolute Gasteiger partial charge is 0.456 e. The number of furan rings is 1. The van der Waals surface area contributed by atoms with Gasteiger partial charge in [-0.15, -0.1) is 0 Å². The predicted molar refractivity (Wildman–Crippen MR) is 212 cm³/mol.